The van der Waals surface area contributed by atoms with E-state index in [4.69, 9.17) is 16.3 Å². The first-order valence-electron chi connectivity index (χ1n) is 9.09. The van der Waals surface area contributed by atoms with Crippen molar-refractivity contribution in [2.45, 2.75) is 57.2 Å². The molecule has 1 amide bonds. The molecule has 0 unspecified atom stereocenters. The molecule has 0 spiro atoms. The van der Waals surface area contributed by atoms with Gasteiger partial charge in [-0.3, -0.25) is 14.2 Å². The number of fused-ring (bicyclic) bond motifs is 1. The first kappa shape index (κ1) is 21.7. The molecule has 2 aromatic rings. The second-order valence-electron chi connectivity index (χ2n) is 6.44. The van der Waals surface area contributed by atoms with Crippen molar-refractivity contribution in [3.05, 3.63) is 33.6 Å². The van der Waals surface area contributed by atoms with Crippen LogP contribution < -0.4 is 10.9 Å². The summed E-state index contributed by atoms with van der Waals surface area (Å²) in [6.45, 7) is 9.21. The average molecular weight is 412 g/mol. The fourth-order valence-electron chi connectivity index (χ4n) is 2.53. The minimum Gasteiger partial charge on any atom is -0.379 e. The van der Waals surface area contributed by atoms with Crippen molar-refractivity contribution in [2.24, 2.45) is 0 Å². The second kappa shape index (κ2) is 10.1. The van der Waals surface area contributed by atoms with Gasteiger partial charge in [-0.15, -0.1) is 0 Å². The Morgan fingerprint density at radius 1 is 1.37 bits per heavy atom. The zero-order valence-electron chi connectivity index (χ0n) is 16.1. The number of thioether (sulfide) groups is 1. The fraction of sp³-hybridized carbons (Fsp3) is 0.526. The Morgan fingerprint density at radius 3 is 2.78 bits per heavy atom. The Balaban J connectivity index is 2.36. The topological polar surface area (TPSA) is 73.2 Å². The lowest BCUT2D eigenvalue weighted by atomic mass is 10.2. The summed E-state index contributed by atoms with van der Waals surface area (Å²) >= 11 is 7.33. The number of nitrogens with zero attached hydrogens (tertiary/aromatic N) is 2. The summed E-state index contributed by atoms with van der Waals surface area (Å²) in [5, 5.41) is 3.97. The zero-order chi connectivity index (χ0) is 20.0. The van der Waals surface area contributed by atoms with Gasteiger partial charge in [0.05, 0.1) is 22.3 Å². The van der Waals surface area contributed by atoms with Crippen molar-refractivity contribution >= 4 is 40.2 Å². The van der Waals surface area contributed by atoms with Crippen LogP contribution in [0.25, 0.3) is 10.9 Å². The lowest BCUT2D eigenvalue weighted by molar-refractivity contribution is -0.120. The third-order valence-electron chi connectivity index (χ3n) is 3.86. The Bertz CT molecular complexity index is 854. The number of hydrogen-bond donors (Lipinski definition) is 1. The molecule has 6 nitrogen and oxygen atoms in total. The van der Waals surface area contributed by atoms with E-state index in [-0.39, 0.29) is 22.8 Å². The monoisotopic (exact) mass is 411 g/mol. The third kappa shape index (κ3) is 5.96. The van der Waals surface area contributed by atoms with Gasteiger partial charge in [0.25, 0.3) is 5.56 Å². The molecule has 8 heteroatoms. The van der Waals surface area contributed by atoms with Gasteiger partial charge in [-0.25, -0.2) is 4.98 Å². The number of amides is 1. The van der Waals surface area contributed by atoms with Gasteiger partial charge < -0.3 is 10.1 Å². The highest BCUT2D eigenvalue weighted by molar-refractivity contribution is 8.00. The van der Waals surface area contributed by atoms with Crippen LogP contribution in [-0.4, -0.2) is 40.0 Å². The van der Waals surface area contributed by atoms with E-state index in [0.717, 1.165) is 0 Å². The van der Waals surface area contributed by atoms with Crippen LogP contribution in [0.15, 0.2) is 28.2 Å². The number of carbonyl (C=O) groups excluding carboxylic acids is 1. The van der Waals surface area contributed by atoms with Gasteiger partial charge in [-0.1, -0.05) is 23.4 Å². The number of aromatic nitrogens is 2. The van der Waals surface area contributed by atoms with Gasteiger partial charge in [-0.2, -0.15) is 0 Å². The maximum atomic E-state index is 13.0. The van der Waals surface area contributed by atoms with Gasteiger partial charge in [0.2, 0.25) is 5.91 Å². The molecular formula is C19H26ClN3O3S. The summed E-state index contributed by atoms with van der Waals surface area (Å²) < 4.78 is 7.20. The average Bonchev–Trinajstić information content (AvgIpc) is 2.60. The zero-order valence-corrected chi connectivity index (χ0v) is 17.7. The van der Waals surface area contributed by atoms with Crippen molar-refractivity contribution in [1.82, 2.24) is 14.9 Å². The summed E-state index contributed by atoms with van der Waals surface area (Å²) in [7, 11) is 0. The van der Waals surface area contributed by atoms with Crippen LogP contribution in [0.4, 0.5) is 0 Å². The third-order valence-corrected chi connectivity index (χ3v) is 5.19. The van der Waals surface area contributed by atoms with Crippen LogP contribution in [0, 0.1) is 0 Å². The van der Waals surface area contributed by atoms with Crippen LogP contribution in [-0.2, 0) is 16.1 Å². The minimum atomic E-state index is -0.369. The minimum absolute atomic E-state index is 0.0855. The molecule has 0 aliphatic carbocycles. The quantitative estimate of drug-likeness (QED) is 0.388. The molecule has 148 valence electrons. The molecule has 0 saturated heterocycles. The maximum absolute atomic E-state index is 13.0. The predicted octanol–water partition coefficient (Wildman–Crippen LogP) is 3.48. The molecule has 0 radical (unpaired) electrons. The summed E-state index contributed by atoms with van der Waals surface area (Å²) in [5.74, 6) is -0.0855. The number of benzene rings is 1. The Morgan fingerprint density at radius 2 is 2.11 bits per heavy atom. The maximum Gasteiger partial charge on any atom is 0.262 e. The van der Waals surface area contributed by atoms with Gasteiger partial charge in [-0.05, 0) is 52.3 Å². The lowest BCUT2D eigenvalue weighted by Gasteiger charge is -2.16. The smallest absolute Gasteiger partial charge is 0.262 e. The van der Waals surface area contributed by atoms with E-state index in [1.165, 1.54) is 11.8 Å². The first-order valence-corrected chi connectivity index (χ1v) is 10.3. The lowest BCUT2D eigenvalue weighted by Crippen LogP contribution is -2.32. The van der Waals surface area contributed by atoms with E-state index in [1.807, 2.05) is 20.8 Å². The SMILES string of the molecule is CCNC(=O)[C@H](C)Sc1nc2cc(Cl)ccc2c(=O)n1CCCOC(C)C. The van der Waals surface area contributed by atoms with Gasteiger partial charge in [0.15, 0.2) is 5.16 Å². The standard InChI is InChI=1S/C19H26ClN3O3S/c1-5-21-17(24)13(4)27-19-22-16-11-14(20)7-8-15(16)18(25)23(19)9-6-10-26-12(2)3/h7-8,11-13H,5-6,9-10H2,1-4H3,(H,21,24)/t13-/m0/s1. The van der Waals surface area contributed by atoms with E-state index in [0.29, 0.717) is 47.2 Å². The van der Waals surface area contributed by atoms with Crippen molar-refractivity contribution in [1.29, 1.82) is 0 Å². The van der Waals surface area contributed by atoms with Crippen molar-refractivity contribution < 1.29 is 9.53 Å². The van der Waals surface area contributed by atoms with E-state index in [9.17, 15) is 9.59 Å². The Labute approximate surface area is 168 Å². The molecule has 1 aromatic carbocycles. The number of carbonyl (C=O) groups is 1. The van der Waals surface area contributed by atoms with Crippen LogP contribution >= 0.6 is 23.4 Å². The van der Waals surface area contributed by atoms with Crippen LogP contribution in [0.3, 0.4) is 0 Å². The summed E-state index contributed by atoms with van der Waals surface area (Å²) in [6.07, 6.45) is 0.826. The Kier molecular flexibility index (Phi) is 8.13. The van der Waals surface area contributed by atoms with E-state index < -0.39 is 0 Å². The second-order valence-corrected chi connectivity index (χ2v) is 8.18. The van der Waals surface area contributed by atoms with E-state index in [1.54, 1.807) is 29.7 Å². The molecule has 0 aliphatic heterocycles. The van der Waals surface area contributed by atoms with Gasteiger partial charge >= 0.3 is 0 Å². The normalized spacial score (nSPS) is 12.5. The summed E-state index contributed by atoms with van der Waals surface area (Å²) in [4.78, 5) is 29.7. The molecule has 0 saturated carbocycles. The largest absolute Gasteiger partial charge is 0.379 e. The molecule has 1 heterocycles. The van der Waals surface area contributed by atoms with Gasteiger partial charge in [0, 0.05) is 24.7 Å². The van der Waals surface area contributed by atoms with Crippen LogP contribution in [0.2, 0.25) is 5.02 Å². The molecule has 1 atom stereocenters. The number of nitrogens with one attached hydrogen (secondary N) is 1. The molecule has 0 bridgehead atoms. The highest BCUT2D eigenvalue weighted by atomic mass is 35.5. The molecule has 27 heavy (non-hydrogen) atoms. The molecule has 1 N–H and O–H groups in total. The number of rotatable bonds is 9. The molecule has 2 rings (SSSR count). The number of halogens is 1. The van der Waals surface area contributed by atoms with Crippen molar-refractivity contribution in [2.75, 3.05) is 13.2 Å². The molecule has 1 aromatic heterocycles. The Hall–Kier alpha value is -1.57. The van der Waals surface area contributed by atoms with Crippen molar-refractivity contribution in [3.63, 3.8) is 0 Å². The molecule has 0 fully saturated rings. The highest BCUT2D eigenvalue weighted by Gasteiger charge is 2.19. The first-order chi connectivity index (χ1) is 12.8. The fourth-order valence-corrected chi connectivity index (χ4v) is 3.66. The van der Waals surface area contributed by atoms with Gasteiger partial charge in [0.1, 0.15) is 0 Å². The number of ether oxygens (including phenoxy) is 1. The highest BCUT2D eigenvalue weighted by Crippen LogP contribution is 2.24. The predicted molar refractivity (Wildman–Crippen MR) is 111 cm³/mol. The summed E-state index contributed by atoms with van der Waals surface area (Å²) in [6, 6.07) is 5.05. The number of hydrogen-bond acceptors (Lipinski definition) is 5. The summed E-state index contributed by atoms with van der Waals surface area (Å²) in [5.41, 5.74) is 0.402. The molecule has 0 aliphatic rings. The molecular weight excluding hydrogens is 386 g/mol. The van der Waals surface area contributed by atoms with E-state index >= 15 is 0 Å². The van der Waals surface area contributed by atoms with Crippen LogP contribution in [0.1, 0.15) is 34.1 Å². The van der Waals surface area contributed by atoms with Crippen LogP contribution in [0.5, 0.6) is 0 Å². The van der Waals surface area contributed by atoms with E-state index in [2.05, 4.69) is 10.3 Å². The van der Waals surface area contributed by atoms with Crippen molar-refractivity contribution in [3.8, 4) is 0 Å².